The third kappa shape index (κ3) is 3.12. The molecule has 0 aliphatic rings. The maximum atomic E-state index is 12.2. The van der Waals surface area contributed by atoms with Crippen molar-refractivity contribution < 1.29 is 23.0 Å². The van der Waals surface area contributed by atoms with Crippen molar-refractivity contribution in [3.63, 3.8) is 0 Å². The SMILES string of the molecule is CSc1c(C)nc2cc(-c3ccc(OC(F)(F)F)cc3)nn2c1O. The Labute approximate surface area is 139 Å². The minimum absolute atomic E-state index is 0.0201. The largest absolute Gasteiger partial charge is 0.573 e. The van der Waals surface area contributed by atoms with Gasteiger partial charge in [0.2, 0.25) is 5.88 Å². The van der Waals surface area contributed by atoms with Crippen LogP contribution in [0.25, 0.3) is 16.9 Å². The highest BCUT2D eigenvalue weighted by molar-refractivity contribution is 7.98. The second-order valence-corrected chi connectivity index (χ2v) is 5.74. The van der Waals surface area contributed by atoms with Crippen molar-refractivity contribution in [1.82, 2.24) is 14.6 Å². The van der Waals surface area contributed by atoms with Crippen LogP contribution in [0.3, 0.4) is 0 Å². The van der Waals surface area contributed by atoms with Gasteiger partial charge >= 0.3 is 6.36 Å². The van der Waals surface area contributed by atoms with Gasteiger partial charge in [-0.25, -0.2) is 4.98 Å². The van der Waals surface area contributed by atoms with E-state index >= 15 is 0 Å². The molecule has 0 aliphatic carbocycles. The number of alkyl halides is 3. The molecular weight excluding hydrogens is 343 g/mol. The maximum absolute atomic E-state index is 12.2. The van der Waals surface area contributed by atoms with Gasteiger partial charge in [-0.15, -0.1) is 24.9 Å². The van der Waals surface area contributed by atoms with E-state index in [-0.39, 0.29) is 11.6 Å². The highest BCUT2D eigenvalue weighted by Gasteiger charge is 2.31. The van der Waals surface area contributed by atoms with Gasteiger partial charge in [-0.1, -0.05) is 0 Å². The number of halogens is 3. The predicted molar refractivity (Wildman–Crippen MR) is 83.3 cm³/mol. The second-order valence-electron chi connectivity index (χ2n) is 4.93. The first-order valence-electron chi connectivity index (χ1n) is 6.78. The third-order valence-electron chi connectivity index (χ3n) is 3.29. The van der Waals surface area contributed by atoms with Crippen LogP contribution in [-0.4, -0.2) is 32.3 Å². The molecule has 0 unspecified atom stereocenters. The number of aromatic nitrogens is 3. The van der Waals surface area contributed by atoms with Crippen LogP contribution in [0.1, 0.15) is 5.69 Å². The molecule has 0 fully saturated rings. The third-order valence-corrected chi connectivity index (χ3v) is 4.18. The van der Waals surface area contributed by atoms with E-state index in [9.17, 15) is 18.3 Å². The predicted octanol–water partition coefficient (Wildman–Crippen LogP) is 4.03. The lowest BCUT2D eigenvalue weighted by Gasteiger charge is -2.08. The fourth-order valence-electron chi connectivity index (χ4n) is 2.29. The lowest BCUT2D eigenvalue weighted by Crippen LogP contribution is -2.16. The van der Waals surface area contributed by atoms with Crippen molar-refractivity contribution in [3.8, 4) is 22.9 Å². The zero-order chi connectivity index (χ0) is 17.5. The summed E-state index contributed by atoms with van der Waals surface area (Å²) in [6, 6.07) is 6.98. The molecule has 126 valence electrons. The molecule has 24 heavy (non-hydrogen) atoms. The molecule has 0 atom stereocenters. The van der Waals surface area contributed by atoms with Crippen LogP contribution in [0.4, 0.5) is 13.2 Å². The molecule has 5 nitrogen and oxygen atoms in total. The van der Waals surface area contributed by atoms with Crippen LogP contribution >= 0.6 is 11.8 Å². The fraction of sp³-hybridized carbons (Fsp3) is 0.200. The summed E-state index contributed by atoms with van der Waals surface area (Å²) in [6.45, 7) is 1.78. The van der Waals surface area contributed by atoms with E-state index in [0.717, 1.165) is 0 Å². The van der Waals surface area contributed by atoms with Crippen molar-refractivity contribution in [3.05, 3.63) is 36.0 Å². The number of aryl methyl sites for hydroxylation is 1. The fourth-order valence-corrected chi connectivity index (χ4v) is 2.90. The molecule has 0 aliphatic heterocycles. The van der Waals surface area contributed by atoms with Gasteiger partial charge in [0.1, 0.15) is 5.75 Å². The van der Waals surface area contributed by atoms with Crippen molar-refractivity contribution in [2.45, 2.75) is 18.2 Å². The van der Waals surface area contributed by atoms with Crippen molar-refractivity contribution in [2.75, 3.05) is 6.26 Å². The summed E-state index contributed by atoms with van der Waals surface area (Å²) in [6.07, 6.45) is -2.91. The first-order valence-corrected chi connectivity index (χ1v) is 8.00. The maximum Gasteiger partial charge on any atom is 0.573 e. The summed E-state index contributed by atoms with van der Waals surface area (Å²) in [5.41, 5.74) is 2.19. The highest BCUT2D eigenvalue weighted by Crippen LogP contribution is 2.32. The number of nitrogens with zero attached hydrogens (tertiary/aromatic N) is 3. The molecule has 0 radical (unpaired) electrons. The van der Waals surface area contributed by atoms with Gasteiger partial charge in [0.15, 0.2) is 5.65 Å². The van der Waals surface area contributed by atoms with Gasteiger partial charge in [0, 0.05) is 11.6 Å². The van der Waals surface area contributed by atoms with Crippen LogP contribution in [0.5, 0.6) is 11.6 Å². The quantitative estimate of drug-likeness (QED) is 0.719. The van der Waals surface area contributed by atoms with E-state index in [1.165, 1.54) is 40.5 Å². The summed E-state index contributed by atoms with van der Waals surface area (Å²) >= 11 is 1.35. The van der Waals surface area contributed by atoms with Crippen molar-refractivity contribution in [1.29, 1.82) is 0 Å². The Morgan fingerprint density at radius 3 is 2.46 bits per heavy atom. The van der Waals surface area contributed by atoms with E-state index in [1.54, 1.807) is 13.0 Å². The Balaban J connectivity index is 1.99. The van der Waals surface area contributed by atoms with E-state index < -0.39 is 6.36 Å². The molecule has 1 N–H and O–H groups in total. The van der Waals surface area contributed by atoms with E-state index in [1.807, 2.05) is 6.26 Å². The standard InChI is InChI=1S/C15H12F3N3O2S/c1-8-13(24-2)14(22)21-12(19-8)7-11(20-21)9-3-5-10(6-4-9)23-15(16,17)18/h3-7,22H,1-2H3. The van der Waals surface area contributed by atoms with Crippen LogP contribution in [0, 0.1) is 6.92 Å². The van der Waals surface area contributed by atoms with E-state index in [2.05, 4.69) is 14.8 Å². The van der Waals surface area contributed by atoms with Crippen molar-refractivity contribution in [2.24, 2.45) is 0 Å². The average Bonchev–Trinajstić information content (AvgIpc) is 2.91. The molecule has 0 amide bonds. The Bertz CT molecular complexity index is 892. The van der Waals surface area contributed by atoms with Crippen LogP contribution < -0.4 is 4.74 Å². The number of hydrogen-bond acceptors (Lipinski definition) is 5. The normalized spacial score (nSPS) is 11.9. The Morgan fingerprint density at radius 1 is 1.21 bits per heavy atom. The van der Waals surface area contributed by atoms with Gasteiger partial charge in [-0.2, -0.15) is 9.61 Å². The topological polar surface area (TPSA) is 59.7 Å². The number of hydrogen-bond donors (Lipinski definition) is 1. The number of benzene rings is 1. The first-order chi connectivity index (χ1) is 11.3. The average molecular weight is 355 g/mol. The molecule has 3 rings (SSSR count). The zero-order valence-corrected chi connectivity index (χ0v) is 13.4. The number of aromatic hydroxyl groups is 1. The summed E-state index contributed by atoms with van der Waals surface area (Å²) in [7, 11) is 0. The minimum atomic E-state index is -4.73. The molecule has 0 bridgehead atoms. The number of fused-ring (bicyclic) bond motifs is 1. The molecule has 1 aromatic carbocycles. The molecule has 0 saturated carbocycles. The molecule has 3 aromatic rings. The van der Waals surface area contributed by atoms with Crippen LogP contribution in [-0.2, 0) is 0 Å². The summed E-state index contributed by atoms with van der Waals surface area (Å²) in [5.74, 6) is -0.329. The number of ether oxygens (including phenoxy) is 1. The summed E-state index contributed by atoms with van der Waals surface area (Å²) in [4.78, 5) is 4.98. The number of rotatable bonds is 3. The Hall–Kier alpha value is -2.42. The first kappa shape index (κ1) is 16.4. The van der Waals surface area contributed by atoms with E-state index in [0.29, 0.717) is 27.5 Å². The molecule has 2 aromatic heterocycles. The monoisotopic (exact) mass is 355 g/mol. The molecule has 2 heterocycles. The molecule has 9 heteroatoms. The molecule has 0 saturated heterocycles. The van der Waals surface area contributed by atoms with Crippen molar-refractivity contribution >= 4 is 17.4 Å². The lowest BCUT2D eigenvalue weighted by molar-refractivity contribution is -0.274. The van der Waals surface area contributed by atoms with Crippen LogP contribution in [0.15, 0.2) is 35.2 Å². The number of thioether (sulfide) groups is 1. The van der Waals surface area contributed by atoms with Gasteiger partial charge < -0.3 is 9.84 Å². The van der Waals surface area contributed by atoms with Gasteiger partial charge in [0.25, 0.3) is 0 Å². The lowest BCUT2D eigenvalue weighted by atomic mass is 10.1. The second kappa shape index (κ2) is 5.90. The Morgan fingerprint density at radius 2 is 1.88 bits per heavy atom. The Kier molecular flexibility index (Phi) is 4.04. The molecule has 0 spiro atoms. The summed E-state index contributed by atoms with van der Waals surface area (Å²) in [5, 5.41) is 14.5. The van der Waals surface area contributed by atoms with Gasteiger partial charge in [0.05, 0.1) is 16.3 Å². The minimum Gasteiger partial charge on any atom is -0.492 e. The van der Waals surface area contributed by atoms with E-state index in [4.69, 9.17) is 0 Å². The smallest absolute Gasteiger partial charge is 0.492 e. The van der Waals surface area contributed by atoms with Gasteiger partial charge in [-0.05, 0) is 37.4 Å². The molecular formula is C15H12F3N3O2S. The van der Waals surface area contributed by atoms with Crippen LogP contribution in [0.2, 0.25) is 0 Å². The zero-order valence-electron chi connectivity index (χ0n) is 12.6. The highest BCUT2D eigenvalue weighted by atomic mass is 32.2. The summed E-state index contributed by atoms with van der Waals surface area (Å²) < 4.78 is 41.7. The van der Waals surface area contributed by atoms with Gasteiger partial charge in [-0.3, -0.25) is 0 Å².